The summed E-state index contributed by atoms with van der Waals surface area (Å²) in [6.45, 7) is 0.811. The van der Waals surface area contributed by atoms with Gasteiger partial charge in [-0.15, -0.1) is 11.8 Å². The van der Waals surface area contributed by atoms with Crippen LogP contribution in [0.25, 0.3) is 0 Å². The van der Waals surface area contributed by atoms with E-state index in [-0.39, 0.29) is 5.25 Å². The SMILES string of the molecule is O=S(Cc1ccc(Cl)cc1)c1ccc(C(Cn2ccnc2)SCc2ccc(Cl)cc2)cc1. The molecule has 0 N–H and O–H groups in total. The van der Waals surface area contributed by atoms with Gasteiger partial charge < -0.3 is 4.57 Å². The van der Waals surface area contributed by atoms with E-state index in [0.29, 0.717) is 10.8 Å². The molecule has 0 bridgehead atoms. The second-order valence-electron chi connectivity index (χ2n) is 7.37. The lowest BCUT2D eigenvalue weighted by atomic mass is 10.1. The monoisotopic (exact) mass is 500 g/mol. The number of hydrogen-bond donors (Lipinski definition) is 0. The summed E-state index contributed by atoms with van der Waals surface area (Å²) < 4.78 is 14.9. The molecule has 0 fully saturated rings. The highest BCUT2D eigenvalue weighted by molar-refractivity contribution is 7.98. The predicted molar refractivity (Wildman–Crippen MR) is 136 cm³/mol. The van der Waals surface area contributed by atoms with Gasteiger partial charge in [0.05, 0.1) is 22.9 Å². The van der Waals surface area contributed by atoms with Crippen molar-refractivity contribution in [3.8, 4) is 0 Å². The van der Waals surface area contributed by atoms with Crippen molar-refractivity contribution in [2.75, 3.05) is 0 Å². The molecule has 0 saturated carbocycles. The summed E-state index contributed by atoms with van der Waals surface area (Å²) in [5.41, 5.74) is 3.44. The fourth-order valence-corrected chi connectivity index (χ4v) is 5.83. The van der Waals surface area contributed by atoms with Crippen LogP contribution in [0.5, 0.6) is 0 Å². The Morgan fingerprint density at radius 2 is 1.50 bits per heavy atom. The summed E-state index contributed by atoms with van der Waals surface area (Å²) in [6.07, 6.45) is 5.61. The molecular formula is C25H22Cl2N2OS2. The smallest absolute Gasteiger partial charge is 0.0946 e. The Bertz CT molecular complexity index is 1150. The molecule has 4 rings (SSSR count). The molecule has 1 aromatic heterocycles. The molecule has 7 heteroatoms. The van der Waals surface area contributed by atoms with E-state index in [1.54, 1.807) is 6.20 Å². The second kappa shape index (κ2) is 11.2. The van der Waals surface area contributed by atoms with Crippen LogP contribution in [0.1, 0.15) is 21.9 Å². The van der Waals surface area contributed by atoms with Crippen LogP contribution < -0.4 is 0 Å². The lowest BCUT2D eigenvalue weighted by molar-refractivity contribution is 0.680. The van der Waals surface area contributed by atoms with Gasteiger partial charge in [0.15, 0.2) is 0 Å². The highest BCUT2D eigenvalue weighted by Crippen LogP contribution is 2.34. The molecule has 1 heterocycles. The first-order valence-electron chi connectivity index (χ1n) is 10.1. The normalized spacial score (nSPS) is 13.1. The molecule has 0 amide bonds. The number of benzene rings is 3. The first-order chi connectivity index (χ1) is 15.6. The zero-order chi connectivity index (χ0) is 22.3. The van der Waals surface area contributed by atoms with Gasteiger partial charge in [-0.3, -0.25) is 4.21 Å². The van der Waals surface area contributed by atoms with E-state index in [1.807, 2.05) is 72.8 Å². The quantitative estimate of drug-likeness (QED) is 0.244. The third-order valence-electron chi connectivity index (χ3n) is 5.03. The standard InChI is InChI=1S/C25H22Cl2N2OS2/c26-22-7-1-19(2-8-22)16-31-25(15-29-14-13-28-18-29)21-5-11-24(12-6-21)32(30)17-20-3-9-23(27)10-4-20/h1-14,18,25H,15-17H2. The van der Waals surface area contributed by atoms with Gasteiger partial charge in [0.25, 0.3) is 0 Å². The minimum atomic E-state index is -1.11. The van der Waals surface area contributed by atoms with E-state index in [9.17, 15) is 4.21 Å². The Labute approximate surface area is 205 Å². The number of thioether (sulfide) groups is 1. The molecule has 0 aliphatic rings. The maximum absolute atomic E-state index is 12.8. The van der Waals surface area contributed by atoms with E-state index >= 15 is 0 Å². The molecule has 0 spiro atoms. The molecule has 2 atom stereocenters. The Kier molecular flexibility index (Phi) is 8.09. The van der Waals surface area contributed by atoms with Crippen LogP contribution in [-0.4, -0.2) is 13.8 Å². The number of halogens is 2. The third kappa shape index (κ3) is 6.48. The van der Waals surface area contributed by atoms with Crippen molar-refractivity contribution in [3.63, 3.8) is 0 Å². The van der Waals surface area contributed by atoms with Crippen molar-refractivity contribution >= 4 is 45.8 Å². The number of hydrogen-bond acceptors (Lipinski definition) is 3. The van der Waals surface area contributed by atoms with Gasteiger partial charge in [-0.2, -0.15) is 0 Å². The lowest BCUT2D eigenvalue weighted by Gasteiger charge is -2.18. The maximum atomic E-state index is 12.8. The maximum Gasteiger partial charge on any atom is 0.0946 e. The van der Waals surface area contributed by atoms with Gasteiger partial charge in [0.2, 0.25) is 0 Å². The average molecular weight is 502 g/mol. The molecule has 4 aromatic rings. The van der Waals surface area contributed by atoms with Crippen LogP contribution in [0, 0.1) is 0 Å². The Morgan fingerprint density at radius 1 is 0.875 bits per heavy atom. The van der Waals surface area contributed by atoms with Crippen molar-refractivity contribution in [2.24, 2.45) is 0 Å². The van der Waals surface area contributed by atoms with Gasteiger partial charge >= 0.3 is 0 Å². The molecule has 0 aliphatic carbocycles. The Balaban J connectivity index is 1.46. The fourth-order valence-electron chi connectivity index (χ4n) is 3.27. The molecular weight excluding hydrogens is 479 g/mol. The fraction of sp³-hybridized carbons (Fsp3) is 0.160. The van der Waals surface area contributed by atoms with Crippen molar-refractivity contribution in [3.05, 3.63) is 118 Å². The topological polar surface area (TPSA) is 34.9 Å². The van der Waals surface area contributed by atoms with E-state index in [4.69, 9.17) is 23.2 Å². The highest BCUT2D eigenvalue weighted by atomic mass is 35.5. The number of aromatic nitrogens is 2. The summed E-state index contributed by atoms with van der Waals surface area (Å²) in [7, 11) is -1.11. The molecule has 32 heavy (non-hydrogen) atoms. The van der Waals surface area contributed by atoms with E-state index in [1.165, 1.54) is 11.1 Å². The van der Waals surface area contributed by atoms with Crippen LogP contribution >= 0.6 is 35.0 Å². The largest absolute Gasteiger partial charge is 0.336 e. The lowest BCUT2D eigenvalue weighted by Crippen LogP contribution is -2.06. The van der Waals surface area contributed by atoms with Gasteiger partial charge in [-0.05, 0) is 53.1 Å². The van der Waals surface area contributed by atoms with Crippen molar-refractivity contribution in [1.29, 1.82) is 0 Å². The minimum absolute atomic E-state index is 0.235. The van der Waals surface area contributed by atoms with Crippen LogP contribution in [0.2, 0.25) is 10.0 Å². The molecule has 164 valence electrons. The summed E-state index contributed by atoms with van der Waals surface area (Å²) in [5, 5.41) is 1.67. The molecule has 2 unspecified atom stereocenters. The van der Waals surface area contributed by atoms with Crippen LogP contribution in [0.15, 0.2) is 96.4 Å². The third-order valence-corrected chi connectivity index (χ3v) is 8.25. The van der Waals surface area contributed by atoms with Crippen molar-refractivity contribution in [2.45, 2.75) is 28.2 Å². The Morgan fingerprint density at radius 3 is 2.09 bits per heavy atom. The summed E-state index contributed by atoms with van der Waals surface area (Å²) >= 11 is 13.8. The van der Waals surface area contributed by atoms with Crippen LogP contribution in [0.3, 0.4) is 0 Å². The summed E-state index contributed by atoms with van der Waals surface area (Å²) in [5.74, 6) is 1.35. The number of imidazole rings is 1. The van der Waals surface area contributed by atoms with Gasteiger partial charge in [-0.1, -0.05) is 59.6 Å². The first-order valence-corrected chi connectivity index (χ1v) is 13.2. The Hall–Kier alpha value is -2.05. The van der Waals surface area contributed by atoms with Gasteiger partial charge in [0.1, 0.15) is 0 Å². The highest BCUT2D eigenvalue weighted by Gasteiger charge is 2.15. The van der Waals surface area contributed by atoms with Crippen molar-refractivity contribution in [1.82, 2.24) is 9.55 Å². The van der Waals surface area contributed by atoms with E-state index in [0.717, 1.165) is 27.8 Å². The first kappa shape index (κ1) is 23.1. The zero-order valence-corrected chi connectivity index (χ0v) is 20.4. The number of nitrogens with zero attached hydrogens (tertiary/aromatic N) is 2. The molecule has 3 aromatic carbocycles. The predicted octanol–water partition coefficient (Wildman–Crippen LogP) is 7.17. The summed E-state index contributed by atoms with van der Waals surface area (Å²) in [6, 6.07) is 23.6. The average Bonchev–Trinajstić information content (AvgIpc) is 3.32. The molecule has 0 aliphatic heterocycles. The van der Waals surface area contributed by atoms with Crippen LogP contribution in [-0.2, 0) is 28.9 Å². The van der Waals surface area contributed by atoms with Gasteiger partial charge in [-0.25, -0.2) is 4.98 Å². The molecule has 0 saturated heterocycles. The second-order valence-corrected chi connectivity index (χ2v) is 10.9. The van der Waals surface area contributed by atoms with E-state index in [2.05, 4.69) is 33.8 Å². The van der Waals surface area contributed by atoms with Crippen LogP contribution in [0.4, 0.5) is 0 Å². The molecule has 3 nitrogen and oxygen atoms in total. The molecule has 0 radical (unpaired) electrons. The number of rotatable bonds is 9. The van der Waals surface area contributed by atoms with Crippen molar-refractivity contribution < 1.29 is 4.21 Å². The minimum Gasteiger partial charge on any atom is -0.336 e. The summed E-state index contributed by atoms with van der Waals surface area (Å²) in [4.78, 5) is 5.00. The van der Waals surface area contributed by atoms with Gasteiger partial charge in [0, 0.05) is 44.9 Å². The van der Waals surface area contributed by atoms with E-state index < -0.39 is 10.8 Å². The zero-order valence-electron chi connectivity index (χ0n) is 17.2.